The molecule has 132 valence electrons. The molecule has 4 nitrogen and oxygen atoms in total. The molecule has 2 heterocycles. The van der Waals surface area contributed by atoms with Crippen molar-refractivity contribution in [1.82, 2.24) is 15.2 Å². The average Bonchev–Trinajstić information content (AvgIpc) is 3.16. The second kappa shape index (κ2) is 9.21. The highest BCUT2D eigenvalue weighted by Gasteiger charge is 2.28. The van der Waals surface area contributed by atoms with Crippen LogP contribution in [-0.2, 0) is 0 Å². The van der Waals surface area contributed by atoms with Crippen LogP contribution in [0.15, 0.2) is 0 Å². The van der Waals surface area contributed by atoms with Crippen molar-refractivity contribution >= 4 is 42.1 Å². The van der Waals surface area contributed by atoms with E-state index < -0.39 is 0 Å². The van der Waals surface area contributed by atoms with Crippen LogP contribution in [0.1, 0.15) is 64.8 Å². The Morgan fingerprint density at radius 2 is 1.78 bits per heavy atom. The van der Waals surface area contributed by atoms with Crippen molar-refractivity contribution in [2.75, 3.05) is 20.1 Å². The largest absolute Gasteiger partial charge is 0.338 e. The van der Waals surface area contributed by atoms with E-state index >= 15 is 0 Å². The summed E-state index contributed by atoms with van der Waals surface area (Å²) in [6.07, 6.45) is 7.21. The molecule has 0 atom stereocenters. The van der Waals surface area contributed by atoms with Gasteiger partial charge < -0.3 is 10.2 Å². The van der Waals surface area contributed by atoms with E-state index in [2.05, 4.69) is 5.32 Å². The van der Waals surface area contributed by atoms with Gasteiger partial charge >= 0.3 is 0 Å². The fourth-order valence-electron chi connectivity index (χ4n) is 3.48. The van der Waals surface area contributed by atoms with Gasteiger partial charge in [0, 0.05) is 25.0 Å². The third-order valence-electron chi connectivity index (χ3n) is 4.90. The highest BCUT2D eigenvalue weighted by Crippen LogP contribution is 2.37. The molecular formula is C16H27Cl2N3OS. The number of carbonyl (C=O) groups excluding carboxylic acids is 1. The third kappa shape index (κ3) is 4.59. The molecule has 1 saturated heterocycles. The zero-order valence-electron chi connectivity index (χ0n) is 13.8. The number of nitrogens with one attached hydrogen (secondary N) is 1. The van der Waals surface area contributed by atoms with Gasteiger partial charge in [0.15, 0.2) is 0 Å². The number of amides is 1. The van der Waals surface area contributed by atoms with Gasteiger partial charge in [0.25, 0.3) is 5.91 Å². The standard InChI is InChI=1S/C16H25N3OS.2ClH/c1-11-14(21-15(18-11)12-5-3-4-6-12)16(20)19-9-7-13(17-2)8-10-19;;/h12-13,17H,3-10H2,1-2H3;2*1H. The number of aryl methyl sites for hydroxylation is 1. The molecule has 3 rings (SSSR count). The predicted octanol–water partition coefficient (Wildman–Crippen LogP) is 3.78. The number of halogens is 2. The van der Waals surface area contributed by atoms with Crippen molar-refractivity contribution in [2.24, 2.45) is 0 Å². The molecule has 23 heavy (non-hydrogen) atoms. The number of carbonyl (C=O) groups is 1. The van der Waals surface area contributed by atoms with Crippen LogP contribution in [0.25, 0.3) is 0 Å². The van der Waals surface area contributed by atoms with Gasteiger partial charge in [0.1, 0.15) is 4.88 Å². The Hall–Kier alpha value is -0.360. The third-order valence-corrected chi connectivity index (χ3v) is 6.21. The molecule has 0 bridgehead atoms. The predicted molar refractivity (Wildman–Crippen MR) is 101 cm³/mol. The summed E-state index contributed by atoms with van der Waals surface area (Å²) in [5.74, 6) is 0.800. The van der Waals surface area contributed by atoms with Gasteiger partial charge in [-0.05, 0) is 39.7 Å². The maximum atomic E-state index is 12.7. The number of nitrogens with zero attached hydrogens (tertiary/aromatic N) is 2. The molecule has 1 aliphatic heterocycles. The van der Waals surface area contributed by atoms with Crippen molar-refractivity contribution in [3.8, 4) is 0 Å². The minimum absolute atomic E-state index is 0. The average molecular weight is 380 g/mol. The van der Waals surface area contributed by atoms with Crippen LogP contribution < -0.4 is 5.32 Å². The fraction of sp³-hybridized carbons (Fsp3) is 0.750. The Kier molecular flexibility index (Phi) is 8.28. The normalized spacial score (nSPS) is 19.3. The van der Waals surface area contributed by atoms with Gasteiger partial charge in [-0.1, -0.05) is 12.8 Å². The lowest BCUT2D eigenvalue weighted by molar-refractivity contribution is 0.0711. The Morgan fingerprint density at radius 1 is 1.17 bits per heavy atom. The van der Waals surface area contributed by atoms with E-state index in [1.165, 1.54) is 30.7 Å². The van der Waals surface area contributed by atoms with Crippen molar-refractivity contribution in [3.63, 3.8) is 0 Å². The number of aromatic nitrogens is 1. The molecule has 1 amide bonds. The molecule has 1 N–H and O–H groups in total. The molecule has 1 saturated carbocycles. The summed E-state index contributed by atoms with van der Waals surface area (Å²) < 4.78 is 0. The van der Waals surface area contributed by atoms with Crippen molar-refractivity contribution < 1.29 is 4.79 Å². The van der Waals surface area contributed by atoms with Crippen LogP contribution in [0.5, 0.6) is 0 Å². The number of thiazole rings is 1. The molecular weight excluding hydrogens is 353 g/mol. The summed E-state index contributed by atoms with van der Waals surface area (Å²) in [5, 5.41) is 4.50. The molecule has 2 aliphatic rings. The molecule has 0 radical (unpaired) electrons. The van der Waals surface area contributed by atoms with Crippen molar-refractivity contribution in [3.05, 3.63) is 15.6 Å². The SMILES string of the molecule is CNC1CCN(C(=O)c2sc(C3CCCC3)nc2C)CC1.Cl.Cl. The second-order valence-electron chi connectivity index (χ2n) is 6.30. The summed E-state index contributed by atoms with van der Waals surface area (Å²) in [6, 6.07) is 0.561. The minimum Gasteiger partial charge on any atom is -0.338 e. The van der Waals surface area contributed by atoms with Crippen LogP contribution in [0.3, 0.4) is 0 Å². The Balaban J connectivity index is 0.00000132. The number of hydrogen-bond donors (Lipinski definition) is 1. The molecule has 0 aromatic carbocycles. The number of rotatable bonds is 3. The van der Waals surface area contributed by atoms with Gasteiger partial charge in [0.05, 0.1) is 10.7 Å². The molecule has 0 unspecified atom stereocenters. The Morgan fingerprint density at radius 3 is 2.35 bits per heavy atom. The topological polar surface area (TPSA) is 45.2 Å². The van der Waals surface area contributed by atoms with Crippen LogP contribution in [0.2, 0.25) is 0 Å². The minimum atomic E-state index is 0. The molecule has 7 heteroatoms. The second-order valence-corrected chi connectivity index (χ2v) is 7.33. The Bertz CT molecular complexity index is 509. The molecule has 2 fully saturated rings. The van der Waals surface area contributed by atoms with E-state index in [-0.39, 0.29) is 30.7 Å². The molecule has 1 aliphatic carbocycles. The van der Waals surface area contributed by atoms with E-state index in [4.69, 9.17) is 4.98 Å². The van der Waals surface area contributed by atoms with Crippen molar-refractivity contribution in [1.29, 1.82) is 0 Å². The summed E-state index contributed by atoms with van der Waals surface area (Å²) in [6.45, 7) is 3.71. The first-order valence-electron chi connectivity index (χ1n) is 8.13. The highest BCUT2D eigenvalue weighted by atomic mass is 35.5. The van der Waals surface area contributed by atoms with Crippen LogP contribution >= 0.6 is 36.2 Å². The molecule has 1 aromatic rings. The quantitative estimate of drug-likeness (QED) is 0.868. The van der Waals surface area contributed by atoms with E-state index in [0.717, 1.165) is 36.5 Å². The number of hydrogen-bond acceptors (Lipinski definition) is 4. The lowest BCUT2D eigenvalue weighted by atomic mass is 10.1. The zero-order valence-corrected chi connectivity index (χ0v) is 16.3. The number of likely N-dealkylation sites (tertiary alicyclic amines) is 1. The maximum absolute atomic E-state index is 12.7. The van der Waals surface area contributed by atoms with Gasteiger partial charge in [-0.25, -0.2) is 4.98 Å². The monoisotopic (exact) mass is 379 g/mol. The van der Waals surface area contributed by atoms with E-state index in [0.29, 0.717) is 12.0 Å². The van der Waals surface area contributed by atoms with E-state index in [9.17, 15) is 4.79 Å². The van der Waals surface area contributed by atoms with Crippen LogP contribution in [0, 0.1) is 6.92 Å². The van der Waals surface area contributed by atoms with E-state index in [1.54, 1.807) is 11.3 Å². The van der Waals surface area contributed by atoms with Gasteiger partial charge in [-0.2, -0.15) is 0 Å². The van der Waals surface area contributed by atoms with Crippen molar-refractivity contribution in [2.45, 2.75) is 57.4 Å². The lowest BCUT2D eigenvalue weighted by Crippen LogP contribution is -2.43. The van der Waals surface area contributed by atoms with Crippen LogP contribution in [-0.4, -0.2) is 42.0 Å². The highest BCUT2D eigenvalue weighted by molar-refractivity contribution is 7.13. The summed E-state index contributed by atoms with van der Waals surface area (Å²) in [4.78, 5) is 20.3. The number of piperidine rings is 1. The molecule has 1 aromatic heterocycles. The first-order chi connectivity index (χ1) is 10.2. The molecule has 0 spiro atoms. The first-order valence-corrected chi connectivity index (χ1v) is 8.94. The maximum Gasteiger partial charge on any atom is 0.265 e. The van der Waals surface area contributed by atoms with Gasteiger partial charge in [-0.15, -0.1) is 36.2 Å². The summed E-state index contributed by atoms with van der Waals surface area (Å²) in [5.41, 5.74) is 0.933. The summed E-state index contributed by atoms with van der Waals surface area (Å²) in [7, 11) is 2.00. The van der Waals surface area contributed by atoms with E-state index in [1.807, 2.05) is 18.9 Å². The zero-order chi connectivity index (χ0) is 14.8. The van der Waals surface area contributed by atoms with Gasteiger partial charge in [-0.3, -0.25) is 4.79 Å². The smallest absolute Gasteiger partial charge is 0.265 e. The van der Waals surface area contributed by atoms with Gasteiger partial charge in [0.2, 0.25) is 0 Å². The lowest BCUT2D eigenvalue weighted by Gasteiger charge is -2.31. The fourth-order valence-corrected chi connectivity index (χ4v) is 4.68. The summed E-state index contributed by atoms with van der Waals surface area (Å²) >= 11 is 1.65. The van der Waals surface area contributed by atoms with Crippen LogP contribution in [0.4, 0.5) is 0 Å². The first kappa shape index (κ1) is 20.7. The Labute approximate surface area is 155 Å².